The minimum atomic E-state index is -4.76. The molecule has 2 rings (SSSR count). The van der Waals surface area contributed by atoms with Gasteiger partial charge in [-0.1, -0.05) is 18.2 Å². The second-order valence-electron chi connectivity index (χ2n) is 4.15. The average Bonchev–Trinajstić information content (AvgIpc) is 2.77. The summed E-state index contributed by atoms with van der Waals surface area (Å²) in [6, 6.07) is 5.09. The van der Waals surface area contributed by atoms with Gasteiger partial charge in [0.1, 0.15) is 5.75 Å². The number of nitrogens with two attached hydrogens (primary N) is 1. The van der Waals surface area contributed by atoms with Gasteiger partial charge >= 0.3 is 6.36 Å². The van der Waals surface area contributed by atoms with Crippen molar-refractivity contribution in [3.8, 4) is 5.75 Å². The summed E-state index contributed by atoms with van der Waals surface area (Å²) in [5.41, 5.74) is 3.20. The van der Waals surface area contributed by atoms with Crippen LogP contribution in [0, 0.1) is 0 Å². The average molecular weight is 286 g/mol. The van der Waals surface area contributed by atoms with E-state index in [4.69, 9.17) is 5.84 Å². The molecular weight excluding hydrogens is 273 g/mol. The molecule has 1 unspecified atom stereocenters. The lowest BCUT2D eigenvalue weighted by Crippen LogP contribution is -2.30. The summed E-state index contributed by atoms with van der Waals surface area (Å²) in [4.78, 5) is 4.08. The van der Waals surface area contributed by atoms with Crippen molar-refractivity contribution in [3.63, 3.8) is 0 Å². The van der Waals surface area contributed by atoms with Crippen molar-refractivity contribution in [2.45, 2.75) is 12.4 Å². The zero-order valence-electron chi connectivity index (χ0n) is 10.6. The van der Waals surface area contributed by atoms with E-state index in [1.807, 2.05) is 0 Å². The Hall–Kier alpha value is -2.06. The molecule has 1 aromatic carbocycles. The molecule has 108 valence electrons. The summed E-state index contributed by atoms with van der Waals surface area (Å²) in [5, 5.41) is 0. The molecule has 8 heteroatoms. The number of imidazole rings is 1. The summed E-state index contributed by atoms with van der Waals surface area (Å²) < 4.78 is 42.9. The van der Waals surface area contributed by atoms with Gasteiger partial charge in [-0.3, -0.25) is 5.84 Å². The molecular formula is C12H13F3N4O. The quantitative estimate of drug-likeness (QED) is 0.665. The standard InChI is InChI=1S/C12H13F3N4O/c1-19-6-9(17-7-19)11(18-16)8-4-2-3-5-10(8)20-12(13,14)15/h2-7,11,18H,16H2,1H3. The Bertz CT molecular complexity index is 582. The van der Waals surface area contributed by atoms with E-state index < -0.39 is 12.4 Å². The van der Waals surface area contributed by atoms with E-state index in [1.54, 1.807) is 23.9 Å². The molecule has 0 saturated heterocycles. The molecule has 20 heavy (non-hydrogen) atoms. The fraction of sp³-hybridized carbons (Fsp3) is 0.250. The van der Waals surface area contributed by atoms with Crippen LogP contribution in [0.25, 0.3) is 0 Å². The number of nitrogens with zero attached hydrogens (tertiary/aromatic N) is 2. The van der Waals surface area contributed by atoms with Crippen LogP contribution in [0.3, 0.4) is 0 Å². The van der Waals surface area contributed by atoms with E-state index in [2.05, 4.69) is 15.1 Å². The van der Waals surface area contributed by atoms with Crippen LogP contribution in [0.15, 0.2) is 36.8 Å². The number of para-hydroxylation sites is 1. The highest BCUT2D eigenvalue weighted by Crippen LogP contribution is 2.32. The smallest absolute Gasteiger partial charge is 0.405 e. The Kier molecular flexibility index (Phi) is 3.96. The maximum Gasteiger partial charge on any atom is 0.573 e. The third-order valence-corrected chi connectivity index (χ3v) is 2.64. The number of rotatable bonds is 4. The number of benzene rings is 1. The van der Waals surface area contributed by atoms with Crippen LogP contribution >= 0.6 is 0 Å². The van der Waals surface area contributed by atoms with Gasteiger partial charge in [0.05, 0.1) is 18.1 Å². The zero-order chi connectivity index (χ0) is 14.8. The van der Waals surface area contributed by atoms with Gasteiger partial charge in [-0.25, -0.2) is 10.4 Å². The lowest BCUT2D eigenvalue weighted by molar-refractivity contribution is -0.275. The molecule has 3 N–H and O–H groups in total. The highest BCUT2D eigenvalue weighted by atomic mass is 19.4. The van der Waals surface area contributed by atoms with Gasteiger partial charge in [0.2, 0.25) is 0 Å². The number of halogens is 3. The van der Waals surface area contributed by atoms with Gasteiger partial charge in [0, 0.05) is 18.8 Å². The summed E-state index contributed by atoms with van der Waals surface area (Å²) in [5.74, 6) is 5.13. The number of hydrogen-bond acceptors (Lipinski definition) is 4. The molecule has 1 heterocycles. The Balaban J connectivity index is 2.39. The minimum Gasteiger partial charge on any atom is -0.405 e. The maximum atomic E-state index is 12.4. The van der Waals surface area contributed by atoms with Gasteiger partial charge in [0.15, 0.2) is 0 Å². The molecule has 1 aromatic heterocycles. The lowest BCUT2D eigenvalue weighted by Gasteiger charge is -2.19. The third kappa shape index (κ3) is 3.28. The number of ether oxygens (including phenoxy) is 1. The highest BCUT2D eigenvalue weighted by molar-refractivity contribution is 5.39. The van der Waals surface area contributed by atoms with Crippen LogP contribution < -0.4 is 16.0 Å². The Morgan fingerprint density at radius 1 is 1.35 bits per heavy atom. The maximum absolute atomic E-state index is 12.4. The molecule has 2 aromatic rings. The molecule has 0 aliphatic carbocycles. The fourth-order valence-corrected chi connectivity index (χ4v) is 1.85. The van der Waals surface area contributed by atoms with Crippen molar-refractivity contribution in [3.05, 3.63) is 48.0 Å². The number of aromatic nitrogens is 2. The highest BCUT2D eigenvalue weighted by Gasteiger charge is 2.33. The van der Waals surface area contributed by atoms with E-state index in [0.717, 1.165) is 0 Å². The van der Waals surface area contributed by atoms with Crippen LogP contribution in [0.5, 0.6) is 5.75 Å². The van der Waals surface area contributed by atoms with E-state index >= 15 is 0 Å². The molecule has 1 atom stereocenters. The minimum absolute atomic E-state index is 0.256. The predicted octanol–water partition coefficient (Wildman–Crippen LogP) is 1.87. The molecule has 0 aliphatic rings. The molecule has 0 spiro atoms. The van der Waals surface area contributed by atoms with Crippen LogP contribution in [0.4, 0.5) is 13.2 Å². The number of nitrogens with one attached hydrogen (secondary N) is 1. The Morgan fingerprint density at radius 2 is 2.05 bits per heavy atom. The first-order valence-electron chi connectivity index (χ1n) is 5.69. The van der Waals surface area contributed by atoms with E-state index in [0.29, 0.717) is 5.69 Å². The number of hydrogen-bond donors (Lipinski definition) is 2. The second kappa shape index (κ2) is 5.51. The topological polar surface area (TPSA) is 65.1 Å². The van der Waals surface area contributed by atoms with Crippen molar-refractivity contribution >= 4 is 0 Å². The normalized spacial score (nSPS) is 13.2. The van der Waals surface area contributed by atoms with Crippen molar-refractivity contribution in [2.75, 3.05) is 0 Å². The molecule has 0 bridgehead atoms. The summed E-state index contributed by atoms with van der Waals surface area (Å²) in [6.07, 6.45) is -1.57. The summed E-state index contributed by atoms with van der Waals surface area (Å²) >= 11 is 0. The first-order valence-corrected chi connectivity index (χ1v) is 5.69. The predicted molar refractivity (Wildman–Crippen MR) is 65.5 cm³/mol. The van der Waals surface area contributed by atoms with E-state index in [1.165, 1.54) is 24.5 Å². The van der Waals surface area contributed by atoms with Gasteiger partial charge in [-0.05, 0) is 6.07 Å². The largest absolute Gasteiger partial charge is 0.573 e. The third-order valence-electron chi connectivity index (χ3n) is 2.64. The number of alkyl halides is 3. The van der Waals surface area contributed by atoms with Gasteiger partial charge in [-0.15, -0.1) is 13.2 Å². The van der Waals surface area contributed by atoms with E-state index in [-0.39, 0.29) is 11.3 Å². The van der Waals surface area contributed by atoms with Crippen LogP contribution in [0.2, 0.25) is 0 Å². The Morgan fingerprint density at radius 3 is 2.60 bits per heavy atom. The SMILES string of the molecule is Cn1cnc(C(NN)c2ccccc2OC(F)(F)F)c1. The molecule has 0 radical (unpaired) electrons. The zero-order valence-corrected chi connectivity index (χ0v) is 10.6. The van der Waals surface area contributed by atoms with Crippen molar-refractivity contribution in [2.24, 2.45) is 12.9 Å². The first kappa shape index (κ1) is 14.4. The van der Waals surface area contributed by atoms with Gasteiger partial charge in [0.25, 0.3) is 0 Å². The van der Waals surface area contributed by atoms with Gasteiger partial charge in [-0.2, -0.15) is 0 Å². The van der Waals surface area contributed by atoms with Crippen LogP contribution in [-0.4, -0.2) is 15.9 Å². The second-order valence-corrected chi connectivity index (χ2v) is 4.15. The Labute approximate surface area is 113 Å². The van der Waals surface area contributed by atoms with Crippen molar-refractivity contribution < 1.29 is 17.9 Å². The molecule has 0 saturated carbocycles. The molecule has 0 aliphatic heterocycles. The molecule has 5 nitrogen and oxygen atoms in total. The summed E-state index contributed by atoms with van der Waals surface area (Å²) in [7, 11) is 1.75. The van der Waals surface area contributed by atoms with Crippen molar-refractivity contribution in [1.29, 1.82) is 0 Å². The number of hydrazine groups is 1. The van der Waals surface area contributed by atoms with Crippen LogP contribution in [-0.2, 0) is 7.05 Å². The first-order chi connectivity index (χ1) is 9.40. The van der Waals surface area contributed by atoms with Gasteiger partial charge < -0.3 is 9.30 Å². The molecule has 0 amide bonds. The fourth-order valence-electron chi connectivity index (χ4n) is 1.85. The monoisotopic (exact) mass is 286 g/mol. The lowest BCUT2D eigenvalue weighted by atomic mass is 10.0. The summed E-state index contributed by atoms with van der Waals surface area (Å²) in [6.45, 7) is 0. The van der Waals surface area contributed by atoms with Crippen molar-refractivity contribution in [1.82, 2.24) is 15.0 Å². The number of aryl methyl sites for hydroxylation is 1. The van der Waals surface area contributed by atoms with E-state index in [9.17, 15) is 13.2 Å². The van der Waals surface area contributed by atoms with Crippen LogP contribution in [0.1, 0.15) is 17.3 Å². The molecule has 0 fully saturated rings.